The van der Waals surface area contributed by atoms with Gasteiger partial charge in [0, 0.05) is 5.56 Å². The molecule has 0 fully saturated rings. The molecule has 2 aromatic rings. The molecule has 1 aliphatic rings. The van der Waals surface area contributed by atoms with E-state index in [1.165, 1.54) is 13.2 Å². The molecule has 2 aromatic carbocycles. The maximum Gasteiger partial charge on any atom is 0.363 e. The maximum atomic E-state index is 12.3. The Labute approximate surface area is 172 Å². The molecule has 3 rings (SSSR count). The molecule has 0 spiro atoms. The van der Waals surface area contributed by atoms with Crippen molar-refractivity contribution in [3.8, 4) is 11.5 Å². The first-order chi connectivity index (χ1) is 14.0. The molecule has 0 aromatic heterocycles. The summed E-state index contributed by atoms with van der Waals surface area (Å²) >= 11 is 6.15. The quantitative estimate of drug-likeness (QED) is 0.507. The van der Waals surface area contributed by atoms with Crippen molar-refractivity contribution in [1.29, 1.82) is 0 Å². The van der Waals surface area contributed by atoms with E-state index in [1.807, 2.05) is 0 Å². The number of hydrogen-bond donors (Lipinski definition) is 0. The Balaban J connectivity index is 1.94. The molecule has 8 heteroatoms. The number of ether oxygens (including phenoxy) is 4. The van der Waals surface area contributed by atoms with Gasteiger partial charge in [0.25, 0.3) is 0 Å². The Morgan fingerprint density at radius 3 is 2.72 bits per heavy atom. The van der Waals surface area contributed by atoms with Gasteiger partial charge in [-0.1, -0.05) is 35.9 Å². The highest BCUT2D eigenvalue weighted by Gasteiger charge is 2.26. The molecule has 29 heavy (non-hydrogen) atoms. The first kappa shape index (κ1) is 20.4. The van der Waals surface area contributed by atoms with Crippen LogP contribution in [-0.2, 0) is 19.1 Å². The summed E-state index contributed by atoms with van der Waals surface area (Å²) in [6.07, 6.45) is 1.50. The number of methoxy groups -OCH3 is 1. The number of carbonyl (C=O) groups is 2. The first-order valence-electron chi connectivity index (χ1n) is 8.76. The van der Waals surface area contributed by atoms with Crippen LogP contribution in [0.4, 0.5) is 0 Å². The molecule has 0 aliphatic carbocycles. The topological polar surface area (TPSA) is 83.4 Å². The third kappa shape index (κ3) is 4.75. The Morgan fingerprint density at radius 1 is 1.21 bits per heavy atom. The fourth-order valence-electron chi connectivity index (χ4n) is 2.60. The minimum atomic E-state index is -0.626. The van der Waals surface area contributed by atoms with Gasteiger partial charge in [-0.15, -0.1) is 0 Å². The van der Waals surface area contributed by atoms with Crippen LogP contribution in [0.15, 0.2) is 53.2 Å². The fourth-order valence-corrected chi connectivity index (χ4v) is 2.82. The van der Waals surface area contributed by atoms with Gasteiger partial charge in [-0.25, -0.2) is 14.6 Å². The van der Waals surface area contributed by atoms with Crippen LogP contribution in [0.1, 0.15) is 18.1 Å². The van der Waals surface area contributed by atoms with Crippen molar-refractivity contribution >= 4 is 35.5 Å². The summed E-state index contributed by atoms with van der Waals surface area (Å²) in [6, 6.07) is 12.0. The smallest absolute Gasteiger partial charge is 0.363 e. The SMILES string of the molecule is CCOC(=O)COc1c(/C=C2\N=C(c3ccccc3Cl)OC2=O)cccc1OC. The summed E-state index contributed by atoms with van der Waals surface area (Å²) in [7, 11) is 1.47. The Kier molecular flexibility index (Phi) is 6.51. The molecule has 0 atom stereocenters. The van der Waals surface area contributed by atoms with Crippen LogP contribution in [0.5, 0.6) is 11.5 Å². The van der Waals surface area contributed by atoms with Gasteiger partial charge >= 0.3 is 11.9 Å². The monoisotopic (exact) mass is 415 g/mol. The van der Waals surface area contributed by atoms with Gasteiger partial charge in [-0.3, -0.25) is 0 Å². The predicted octanol–water partition coefficient (Wildman–Crippen LogP) is 3.64. The third-order valence-corrected chi connectivity index (χ3v) is 4.22. The lowest BCUT2D eigenvalue weighted by Gasteiger charge is -2.12. The van der Waals surface area contributed by atoms with Crippen molar-refractivity contribution in [2.24, 2.45) is 4.99 Å². The lowest BCUT2D eigenvalue weighted by molar-refractivity contribution is -0.145. The number of halogens is 1. The standard InChI is InChI=1S/C21H18ClNO6/c1-3-27-18(24)12-28-19-13(7-6-10-17(19)26-2)11-16-21(25)29-20(23-16)14-8-4-5-9-15(14)22/h4-11H,3,12H2,1-2H3/b16-11-. The average molecular weight is 416 g/mol. The van der Waals surface area contributed by atoms with Gasteiger partial charge in [-0.05, 0) is 31.2 Å². The summed E-state index contributed by atoms with van der Waals surface area (Å²) in [5, 5.41) is 0.417. The molecule has 150 valence electrons. The minimum Gasteiger partial charge on any atom is -0.493 e. The van der Waals surface area contributed by atoms with Crippen molar-refractivity contribution in [1.82, 2.24) is 0 Å². The Bertz CT molecular complexity index is 998. The van der Waals surface area contributed by atoms with Gasteiger partial charge in [0.2, 0.25) is 5.90 Å². The largest absolute Gasteiger partial charge is 0.493 e. The average Bonchev–Trinajstić information content (AvgIpc) is 3.07. The molecule has 1 aliphatic heterocycles. The number of cyclic esters (lactones) is 1. The van der Waals surface area contributed by atoms with E-state index in [0.717, 1.165) is 0 Å². The Morgan fingerprint density at radius 2 is 2.00 bits per heavy atom. The van der Waals surface area contributed by atoms with E-state index in [1.54, 1.807) is 49.4 Å². The number of esters is 2. The van der Waals surface area contributed by atoms with Gasteiger partial charge in [-0.2, -0.15) is 0 Å². The second-order valence-corrected chi connectivity index (χ2v) is 6.20. The normalized spacial score (nSPS) is 14.4. The van der Waals surface area contributed by atoms with E-state index in [-0.39, 0.29) is 30.6 Å². The summed E-state index contributed by atoms with van der Waals surface area (Å²) < 4.78 is 21.0. The van der Waals surface area contributed by atoms with Crippen molar-refractivity contribution in [3.63, 3.8) is 0 Å². The number of rotatable bonds is 7. The number of benzene rings is 2. The number of carbonyl (C=O) groups excluding carboxylic acids is 2. The van der Waals surface area contributed by atoms with Crippen molar-refractivity contribution in [2.75, 3.05) is 20.3 Å². The summed E-state index contributed by atoms with van der Waals surface area (Å²) in [5.41, 5.74) is 1.06. The number of hydrogen-bond acceptors (Lipinski definition) is 7. The molecule has 0 N–H and O–H groups in total. The second kappa shape index (κ2) is 9.25. The summed E-state index contributed by atoms with van der Waals surface area (Å²) in [5.74, 6) is -0.353. The maximum absolute atomic E-state index is 12.3. The number of para-hydroxylation sites is 1. The van der Waals surface area contributed by atoms with E-state index in [0.29, 0.717) is 21.9 Å². The Hall–Kier alpha value is -3.32. The summed E-state index contributed by atoms with van der Waals surface area (Å²) in [6.45, 7) is 1.65. The third-order valence-electron chi connectivity index (χ3n) is 3.89. The van der Waals surface area contributed by atoms with Crippen LogP contribution in [-0.4, -0.2) is 38.2 Å². The van der Waals surface area contributed by atoms with Gasteiger partial charge in [0.05, 0.1) is 24.3 Å². The van der Waals surface area contributed by atoms with Crippen LogP contribution in [0.25, 0.3) is 6.08 Å². The van der Waals surface area contributed by atoms with Gasteiger partial charge < -0.3 is 18.9 Å². The van der Waals surface area contributed by atoms with Crippen molar-refractivity contribution in [2.45, 2.75) is 6.92 Å². The molecular formula is C21H18ClNO6. The first-order valence-corrected chi connectivity index (χ1v) is 9.14. The molecule has 0 saturated carbocycles. The summed E-state index contributed by atoms with van der Waals surface area (Å²) in [4.78, 5) is 28.2. The van der Waals surface area contributed by atoms with E-state index in [4.69, 9.17) is 30.5 Å². The van der Waals surface area contributed by atoms with E-state index >= 15 is 0 Å². The molecule has 7 nitrogen and oxygen atoms in total. The highest BCUT2D eigenvalue weighted by Crippen LogP contribution is 2.34. The van der Waals surface area contributed by atoms with Crippen LogP contribution in [0, 0.1) is 0 Å². The minimum absolute atomic E-state index is 0.0640. The highest BCUT2D eigenvalue weighted by molar-refractivity contribution is 6.34. The van der Waals surface area contributed by atoms with Crippen LogP contribution < -0.4 is 9.47 Å². The molecule has 1 heterocycles. The number of aliphatic imine (C=N–C) groups is 1. The molecule has 0 amide bonds. The van der Waals surface area contributed by atoms with E-state index < -0.39 is 11.9 Å². The zero-order valence-electron chi connectivity index (χ0n) is 15.8. The van der Waals surface area contributed by atoms with Crippen molar-refractivity contribution in [3.05, 3.63) is 64.3 Å². The zero-order valence-corrected chi connectivity index (χ0v) is 16.6. The van der Waals surface area contributed by atoms with E-state index in [2.05, 4.69) is 4.99 Å². The van der Waals surface area contributed by atoms with Crippen LogP contribution in [0.2, 0.25) is 5.02 Å². The van der Waals surface area contributed by atoms with Gasteiger partial charge in [0.1, 0.15) is 0 Å². The van der Waals surface area contributed by atoms with Crippen LogP contribution >= 0.6 is 11.6 Å². The zero-order chi connectivity index (χ0) is 20.8. The van der Waals surface area contributed by atoms with E-state index in [9.17, 15) is 9.59 Å². The fraction of sp³-hybridized carbons (Fsp3) is 0.190. The lowest BCUT2D eigenvalue weighted by atomic mass is 10.1. The molecular weight excluding hydrogens is 398 g/mol. The van der Waals surface area contributed by atoms with Crippen LogP contribution in [0.3, 0.4) is 0 Å². The number of nitrogens with zero attached hydrogens (tertiary/aromatic N) is 1. The lowest BCUT2D eigenvalue weighted by Crippen LogP contribution is -2.15. The molecule has 0 bridgehead atoms. The predicted molar refractivity (Wildman–Crippen MR) is 107 cm³/mol. The van der Waals surface area contributed by atoms with Crippen molar-refractivity contribution < 1.29 is 28.5 Å². The molecule has 0 saturated heterocycles. The van der Waals surface area contributed by atoms with Gasteiger partial charge in [0.15, 0.2) is 23.8 Å². The second-order valence-electron chi connectivity index (χ2n) is 5.79. The molecule has 0 unspecified atom stereocenters. The molecule has 0 radical (unpaired) electrons. The highest BCUT2D eigenvalue weighted by atomic mass is 35.5.